The third-order valence-electron chi connectivity index (χ3n) is 3.14. The fraction of sp³-hybridized carbons (Fsp3) is 0.333. The van der Waals surface area contributed by atoms with Crippen molar-refractivity contribution in [2.75, 3.05) is 0 Å². The van der Waals surface area contributed by atoms with Crippen LogP contribution in [0.25, 0.3) is 0 Å². The van der Waals surface area contributed by atoms with Gasteiger partial charge in [0.2, 0.25) is 0 Å². The summed E-state index contributed by atoms with van der Waals surface area (Å²) in [5, 5.41) is 3.35. The van der Waals surface area contributed by atoms with Gasteiger partial charge in [0.25, 0.3) is 0 Å². The minimum atomic E-state index is -0.351. The van der Waals surface area contributed by atoms with Gasteiger partial charge in [0.05, 0.1) is 0 Å². The lowest BCUT2D eigenvalue weighted by molar-refractivity contribution is 0.281. The van der Waals surface area contributed by atoms with Crippen LogP contribution in [-0.2, 0) is 13.2 Å². The number of hydrogen-bond donors (Lipinski definition) is 1. The molecule has 1 aromatic carbocycles. The number of nitrogens with zero attached hydrogens (tertiary/aromatic N) is 2. The first kappa shape index (κ1) is 13.0. The van der Waals surface area contributed by atoms with Gasteiger partial charge in [0.15, 0.2) is 17.4 Å². The summed E-state index contributed by atoms with van der Waals surface area (Å²) in [6.07, 6.45) is 5.71. The third-order valence-corrected chi connectivity index (χ3v) is 3.14. The quantitative estimate of drug-likeness (QED) is 0.878. The molecule has 4 nitrogen and oxygen atoms in total. The molecule has 0 aliphatic heterocycles. The summed E-state index contributed by atoms with van der Waals surface area (Å²) in [7, 11) is 0. The van der Waals surface area contributed by atoms with Gasteiger partial charge >= 0.3 is 0 Å². The molecule has 3 rings (SSSR count). The molecule has 0 amide bonds. The van der Waals surface area contributed by atoms with E-state index in [0.29, 0.717) is 18.4 Å². The molecule has 0 unspecified atom stereocenters. The Labute approximate surface area is 117 Å². The van der Waals surface area contributed by atoms with E-state index < -0.39 is 0 Å². The molecular formula is C15H16FN3O. The molecule has 1 fully saturated rings. The van der Waals surface area contributed by atoms with Crippen LogP contribution in [0.2, 0.25) is 0 Å². The van der Waals surface area contributed by atoms with Gasteiger partial charge in [-0.25, -0.2) is 14.4 Å². The van der Waals surface area contributed by atoms with Gasteiger partial charge in [-0.3, -0.25) is 0 Å². The number of halogens is 1. The molecule has 104 valence electrons. The van der Waals surface area contributed by atoms with Crippen molar-refractivity contribution in [2.24, 2.45) is 0 Å². The smallest absolute Gasteiger partial charge is 0.166 e. The highest BCUT2D eigenvalue weighted by Gasteiger charge is 2.20. The molecule has 1 aromatic heterocycles. The Morgan fingerprint density at radius 1 is 1.25 bits per heavy atom. The largest absolute Gasteiger partial charge is 0.483 e. The Kier molecular flexibility index (Phi) is 3.87. The zero-order valence-corrected chi connectivity index (χ0v) is 11.1. The van der Waals surface area contributed by atoms with Crippen molar-refractivity contribution in [1.29, 1.82) is 0 Å². The fourth-order valence-electron chi connectivity index (χ4n) is 1.87. The molecule has 0 saturated heterocycles. The van der Waals surface area contributed by atoms with Gasteiger partial charge in [-0.15, -0.1) is 0 Å². The molecule has 0 spiro atoms. The third kappa shape index (κ3) is 3.51. The number of ether oxygens (including phenoxy) is 1. The molecule has 2 aromatic rings. The second-order valence-electron chi connectivity index (χ2n) is 4.87. The van der Waals surface area contributed by atoms with Crippen molar-refractivity contribution in [3.05, 3.63) is 53.9 Å². The van der Waals surface area contributed by atoms with Crippen molar-refractivity contribution in [3.8, 4) is 5.75 Å². The second kappa shape index (κ2) is 5.96. The van der Waals surface area contributed by atoms with Crippen molar-refractivity contribution in [1.82, 2.24) is 15.3 Å². The lowest BCUT2D eigenvalue weighted by Crippen LogP contribution is -2.15. The van der Waals surface area contributed by atoms with E-state index in [2.05, 4.69) is 15.3 Å². The van der Waals surface area contributed by atoms with Gasteiger partial charge in [-0.1, -0.05) is 6.07 Å². The first-order valence-electron chi connectivity index (χ1n) is 6.72. The van der Waals surface area contributed by atoms with Crippen molar-refractivity contribution in [2.45, 2.75) is 32.0 Å². The Morgan fingerprint density at radius 3 is 2.75 bits per heavy atom. The summed E-state index contributed by atoms with van der Waals surface area (Å²) < 4.78 is 19.3. The van der Waals surface area contributed by atoms with E-state index in [1.807, 2.05) is 6.07 Å². The normalized spacial score (nSPS) is 14.2. The molecular weight excluding hydrogens is 257 g/mol. The first-order valence-corrected chi connectivity index (χ1v) is 6.72. The highest BCUT2D eigenvalue weighted by molar-refractivity contribution is 5.29. The minimum Gasteiger partial charge on any atom is -0.483 e. The highest BCUT2D eigenvalue weighted by atomic mass is 19.1. The average Bonchev–Trinajstić information content (AvgIpc) is 3.29. The maximum Gasteiger partial charge on any atom is 0.166 e. The topological polar surface area (TPSA) is 47.0 Å². The van der Waals surface area contributed by atoms with Crippen LogP contribution in [0.3, 0.4) is 0 Å². The molecule has 1 aliphatic rings. The first-order chi connectivity index (χ1) is 9.81. The Balaban J connectivity index is 1.58. The van der Waals surface area contributed by atoms with Crippen LogP contribution in [0, 0.1) is 5.82 Å². The van der Waals surface area contributed by atoms with Gasteiger partial charge in [-0.05, 0) is 36.6 Å². The lowest BCUT2D eigenvalue weighted by atomic mass is 10.2. The van der Waals surface area contributed by atoms with E-state index in [1.165, 1.54) is 18.9 Å². The Bertz CT molecular complexity index is 573. The van der Waals surface area contributed by atoms with Crippen LogP contribution in [-0.4, -0.2) is 16.0 Å². The number of benzene rings is 1. The summed E-state index contributed by atoms with van der Waals surface area (Å²) in [5.41, 5.74) is 0.928. The van der Waals surface area contributed by atoms with Crippen molar-refractivity contribution < 1.29 is 9.13 Å². The van der Waals surface area contributed by atoms with E-state index in [4.69, 9.17) is 4.74 Å². The predicted molar refractivity (Wildman–Crippen MR) is 72.6 cm³/mol. The molecule has 0 atom stereocenters. The van der Waals surface area contributed by atoms with Crippen LogP contribution in [0.1, 0.15) is 24.2 Å². The lowest BCUT2D eigenvalue weighted by Gasteiger charge is -2.08. The molecule has 20 heavy (non-hydrogen) atoms. The summed E-state index contributed by atoms with van der Waals surface area (Å²) in [6, 6.07) is 7.38. The van der Waals surface area contributed by atoms with Gasteiger partial charge in [0.1, 0.15) is 6.61 Å². The zero-order chi connectivity index (χ0) is 13.8. The van der Waals surface area contributed by atoms with E-state index in [-0.39, 0.29) is 18.2 Å². The second-order valence-corrected chi connectivity index (χ2v) is 4.87. The van der Waals surface area contributed by atoms with Crippen molar-refractivity contribution >= 4 is 0 Å². The fourth-order valence-corrected chi connectivity index (χ4v) is 1.87. The predicted octanol–water partition coefficient (Wildman–Crippen LogP) is 2.45. The number of hydrogen-bond acceptors (Lipinski definition) is 4. The molecule has 0 radical (unpaired) electrons. The van der Waals surface area contributed by atoms with Crippen LogP contribution in [0.15, 0.2) is 36.7 Å². The average molecular weight is 273 g/mol. The number of aromatic nitrogens is 2. The Morgan fingerprint density at radius 2 is 2.05 bits per heavy atom. The van der Waals surface area contributed by atoms with E-state index in [1.54, 1.807) is 24.5 Å². The van der Waals surface area contributed by atoms with E-state index in [0.717, 1.165) is 5.56 Å². The summed E-state index contributed by atoms with van der Waals surface area (Å²) in [4.78, 5) is 8.06. The molecule has 5 heteroatoms. The van der Waals surface area contributed by atoms with Crippen LogP contribution in [0.5, 0.6) is 5.75 Å². The molecule has 1 aliphatic carbocycles. The monoisotopic (exact) mass is 273 g/mol. The zero-order valence-electron chi connectivity index (χ0n) is 11.1. The Hall–Kier alpha value is -2.01. The maximum absolute atomic E-state index is 13.9. The van der Waals surface area contributed by atoms with Crippen molar-refractivity contribution in [3.63, 3.8) is 0 Å². The van der Waals surface area contributed by atoms with E-state index >= 15 is 0 Å². The van der Waals surface area contributed by atoms with Crippen LogP contribution >= 0.6 is 0 Å². The van der Waals surface area contributed by atoms with Crippen LogP contribution in [0.4, 0.5) is 4.39 Å². The van der Waals surface area contributed by atoms with Gasteiger partial charge in [0, 0.05) is 25.0 Å². The highest BCUT2D eigenvalue weighted by Crippen LogP contribution is 2.22. The molecule has 0 bridgehead atoms. The standard InChI is InChI=1S/C15H16FN3O/c16-13-8-11(9-19-12-3-4-12)2-5-14(13)20-10-15-17-6-1-7-18-15/h1-2,5-8,12,19H,3-4,9-10H2. The molecule has 1 heterocycles. The minimum absolute atomic E-state index is 0.164. The maximum atomic E-state index is 13.9. The summed E-state index contributed by atoms with van der Waals surface area (Å²) in [6.45, 7) is 0.862. The summed E-state index contributed by atoms with van der Waals surface area (Å²) >= 11 is 0. The van der Waals surface area contributed by atoms with Gasteiger partial charge in [-0.2, -0.15) is 0 Å². The van der Waals surface area contributed by atoms with E-state index in [9.17, 15) is 4.39 Å². The SMILES string of the molecule is Fc1cc(CNC2CC2)ccc1OCc1ncccn1. The van der Waals surface area contributed by atoms with Crippen LogP contribution < -0.4 is 10.1 Å². The number of rotatable bonds is 6. The molecule has 1 saturated carbocycles. The summed E-state index contributed by atoms with van der Waals surface area (Å²) in [5.74, 6) is 0.412. The van der Waals surface area contributed by atoms with Gasteiger partial charge < -0.3 is 10.1 Å². The number of nitrogens with one attached hydrogen (secondary N) is 1. The molecule has 1 N–H and O–H groups in total.